The fraction of sp³-hybridized carbons (Fsp3) is 0.111. The lowest BCUT2D eigenvalue weighted by Gasteiger charge is -2.28. The molecule has 0 aliphatic rings. The maximum absolute atomic E-state index is 6.69. The number of hydrogen-bond acceptors (Lipinski definition) is 0. The van der Waals surface area contributed by atoms with Gasteiger partial charge in [-0.2, -0.15) is 0 Å². The number of rotatable bonds is 4. The molecule has 0 saturated heterocycles. The molecule has 0 saturated carbocycles. The Labute approximate surface area is 203 Å². The van der Waals surface area contributed by atoms with Gasteiger partial charge in [0.05, 0.1) is 20.1 Å². The zero-order chi connectivity index (χ0) is 22.2. The average Bonchev–Trinajstić information content (AvgIpc) is 2.74. The predicted molar refractivity (Wildman–Crippen MR) is 136 cm³/mol. The summed E-state index contributed by atoms with van der Waals surface area (Å²) in [6.45, 7) is 4.22. The lowest BCUT2D eigenvalue weighted by Crippen LogP contribution is -2.19. The van der Waals surface area contributed by atoms with E-state index in [0.717, 1.165) is 33.4 Å². The Balaban J connectivity index is 1.79. The van der Waals surface area contributed by atoms with Gasteiger partial charge in [-0.1, -0.05) is 121 Å². The fourth-order valence-corrected chi connectivity index (χ4v) is 5.21. The van der Waals surface area contributed by atoms with Crippen LogP contribution in [0.3, 0.4) is 0 Å². The average molecular weight is 486 g/mol. The molecule has 0 spiro atoms. The third kappa shape index (κ3) is 4.36. The summed E-state index contributed by atoms with van der Waals surface area (Å²) in [5.41, 5.74) is 5.20. The van der Waals surface area contributed by atoms with Crippen molar-refractivity contribution in [2.45, 2.75) is 19.3 Å². The molecule has 0 fully saturated rings. The molecule has 0 heterocycles. The molecule has 4 rings (SSSR count). The van der Waals surface area contributed by atoms with Crippen LogP contribution in [0.5, 0.6) is 0 Å². The van der Waals surface area contributed by atoms with Gasteiger partial charge < -0.3 is 0 Å². The molecule has 0 aromatic heterocycles. The highest BCUT2D eigenvalue weighted by atomic mass is 35.5. The van der Waals surface area contributed by atoms with Gasteiger partial charge in [-0.15, -0.1) is 0 Å². The summed E-state index contributed by atoms with van der Waals surface area (Å²) in [5, 5.41) is 2.44. The van der Waals surface area contributed by atoms with Gasteiger partial charge in [0, 0.05) is 16.5 Å². The van der Waals surface area contributed by atoms with Crippen molar-refractivity contribution in [3.8, 4) is 22.3 Å². The summed E-state index contributed by atoms with van der Waals surface area (Å²) >= 11 is 26.8. The Morgan fingerprint density at radius 2 is 0.774 bits per heavy atom. The van der Waals surface area contributed by atoms with Crippen LogP contribution in [0.2, 0.25) is 20.1 Å². The number of halogens is 4. The van der Waals surface area contributed by atoms with Gasteiger partial charge >= 0.3 is 0 Å². The van der Waals surface area contributed by atoms with E-state index >= 15 is 0 Å². The standard InChI is InChI=1S/C27H20Cl4/c1-27(2,19-13-21(28)25(22(29)14-19)17-9-5-3-6-10-17)20-15-23(30)26(24(31)16-20)18-11-7-4-8-12-18/h3-16H,1-2H3. The van der Waals surface area contributed by atoms with Crippen LogP contribution in [-0.2, 0) is 5.41 Å². The third-order valence-corrected chi connectivity index (χ3v) is 6.84. The maximum Gasteiger partial charge on any atom is 0.0502 e. The van der Waals surface area contributed by atoms with Gasteiger partial charge in [0.25, 0.3) is 0 Å². The lowest BCUT2D eigenvalue weighted by atomic mass is 9.77. The lowest BCUT2D eigenvalue weighted by molar-refractivity contribution is 0.641. The van der Waals surface area contributed by atoms with E-state index in [4.69, 9.17) is 46.4 Å². The minimum Gasteiger partial charge on any atom is -0.0836 e. The smallest absolute Gasteiger partial charge is 0.0502 e. The molecule has 0 aliphatic heterocycles. The van der Waals surface area contributed by atoms with E-state index in [-0.39, 0.29) is 0 Å². The van der Waals surface area contributed by atoms with Gasteiger partial charge in [0.1, 0.15) is 0 Å². The van der Waals surface area contributed by atoms with Gasteiger partial charge in [0.15, 0.2) is 0 Å². The van der Waals surface area contributed by atoms with Crippen LogP contribution in [-0.4, -0.2) is 0 Å². The first-order chi connectivity index (χ1) is 14.8. The van der Waals surface area contributed by atoms with Crippen molar-refractivity contribution >= 4 is 46.4 Å². The monoisotopic (exact) mass is 484 g/mol. The molecule has 0 unspecified atom stereocenters. The van der Waals surface area contributed by atoms with E-state index in [1.165, 1.54) is 0 Å². The van der Waals surface area contributed by atoms with Crippen molar-refractivity contribution in [3.05, 3.63) is 116 Å². The normalized spacial score (nSPS) is 11.5. The summed E-state index contributed by atoms with van der Waals surface area (Å²) < 4.78 is 0. The molecular formula is C27H20Cl4. The van der Waals surface area contributed by atoms with E-state index < -0.39 is 5.41 Å². The summed E-state index contributed by atoms with van der Waals surface area (Å²) in [7, 11) is 0. The summed E-state index contributed by atoms with van der Waals surface area (Å²) in [6, 6.07) is 27.7. The molecule has 31 heavy (non-hydrogen) atoms. The van der Waals surface area contributed by atoms with Crippen molar-refractivity contribution in [3.63, 3.8) is 0 Å². The molecule has 0 N–H and O–H groups in total. The molecule has 0 radical (unpaired) electrons. The highest BCUT2D eigenvalue weighted by molar-refractivity contribution is 6.40. The van der Waals surface area contributed by atoms with Gasteiger partial charge in [-0.25, -0.2) is 0 Å². The minimum absolute atomic E-state index is 0.412. The third-order valence-electron chi connectivity index (χ3n) is 5.65. The molecule has 0 bridgehead atoms. The van der Waals surface area contributed by atoms with Crippen molar-refractivity contribution < 1.29 is 0 Å². The van der Waals surface area contributed by atoms with Crippen molar-refractivity contribution in [2.75, 3.05) is 0 Å². The molecule has 4 heteroatoms. The Kier molecular flexibility index (Phi) is 6.37. The predicted octanol–water partition coefficient (Wildman–Crippen LogP) is 9.96. The van der Waals surface area contributed by atoms with E-state index in [1.807, 2.05) is 84.9 Å². The molecular weight excluding hydrogens is 466 g/mol. The maximum atomic E-state index is 6.69. The molecule has 0 atom stereocenters. The molecule has 0 aliphatic carbocycles. The first-order valence-corrected chi connectivity index (χ1v) is 11.4. The largest absolute Gasteiger partial charge is 0.0836 e. The van der Waals surface area contributed by atoms with Crippen molar-refractivity contribution in [1.29, 1.82) is 0 Å². The van der Waals surface area contributed by atoms with E-state index in [2.05, 4.69) is 13.8 Å². The first kappa shape index (κ1) is 22.2. The number of hydrogen-bond donors (Lipinski definition) is 0. The SMILES string of the molecule is CC(C)(c1cc(Cl)c(-c2ccccc2)c(Cl)c1)c1cc(Cl)c(-c2ccccc2)c(Cl)c1. The van der Waals surface area contributed by atoms with Gasteiger partial charge in [0.2, 0.25) is 0 Å². The van der Waals surface area contributed by atoms with Crippen molar-refractivity contribution in [2.24, 2.45) is 0 Å². The van der Waals surface area contributed by atoms with Gasteiger partial charge in [-0.05, 0) is 46.5 Å². The van der Waals surface area contributed by atoms with E-state index in [0.29, 0.717) is 20.1 Å². The highest BCUT2D eigenvalue weighted by Gasteiger charge is 2.27. The van der Waals surface area contributed by atoms with Crippen LogP contribution in [0.25, 0.3) is 22.3 Å². The molecule has 0 nitrogen and oxygen atoms in total. The Morgan fingerprint density at radius 1 is 0.484 bits per heavy atom. The zero-order valence-corrected chi connectivity index (χ0v) is 20.1. The highest BCUT2D eigenvalue weighted by Crippen LogP contribution is 2.44. The Bertz CT molecular complexity index is 1090. The summed E-state index contributed by atoms with van der Waals surface area (Å²) in [4.78, 5) is 0. The second-order valence-corrected chi connectivity index (χ2v) is 9.62. The Morgan fingerprint density at radius 3 is 1.06 bits per heavy atom. The molecule has 4 aromatic rings. The second kappa shape index (κ2) is 8.88. The molecule has 156 valence electrons. The molecule has 0 amide bonds. The Hall–Kier alpha value is -1.96. The second-order valence-electron chi connectivity index (χ2n) is 7.99. The number of benzene rings is 4. The fourth-order valence-electron chi connectivity index (χ4n) is 3.80. The summed E-state index contributed by atoms with van der Waals surface area (Å²) in [6.07, 6.45) is 0. The first-order valence-electron chi connectivity index (χ1n) is 9.89. The van der Waals surface area contributed by atoms with Crippen molar-refractivity contribution in [1.82, 2.24) is 0 Å². The van der Waals surface area contributed by atoms with Crippen LogP contribution in [0.4, 0.5) is 0 Å². The van der Waals surface area contributed by atoms with Crippen LogP contribution < -0.4 is 0 Å². The van der Waals surface area contributed by atoms with E-state index in [1.54, 1.807) is 0 Å². The van der Waals surface area contributed by atoms with Crippen LogP contribution >= 0.6 is 46.4 Å². The summed E-state index contributed by atoms with van der Waals surface area (Å²) in [5.74, 6) is 0. The topological polar surface area (TPSA) is 0 Å². The zero-order valence-electron chi connectivity index (χ0n) is 17.1. The molecule has 4 aromatic carbocycles. The quantitative estimate of drug-likeness (QED) is 0.269. The van der Waals surface area contributed by atoms with Crippen LogP contribution in [0.15, 0.2) is 84.9 Å². The van der Waals surface area contributed by atoms with Crippen LogP contribution in [0, 0.1) is 0 Å². The van der Waals surface area contributed by atoms with Crippen LogP contribution in [0.1, 0.15) is 25.0 Å². The van der Waals surface area contributed by atoms with E-state index in [9.17, 15) is 0 Å². The van der Waals surface area contributed by atoms with Gasteiger partial charge in [-0.3, -0.25) is 0 Å². The minimum atomic E-state index is -0.412.